The van der Waals surface area contributed by atoms with Gasteiger partial charge in [0.05, 0.1) is 11.2 Å². The fourth-order valence-corrected chi connectivity index (χ4v) is 2.19. The molecule has 3 aromatic rings. The summed E-state index contributed by atoms with van der Waals surface area (Å²) in [6, 6.07) is 13.7. The van der Waals surface area contributed by atoms with Crippen LogP contribution in [0.5, 0.6) is 11.5 Å². The smallest absolute Gasteiger partial charge is 0.136 e. The first-order chi connectivity index (χ1) is 9.65. The highest BCUT2D eigenvalue weighted by Crippen LogP contribution is 2.33. The summed E-state index contributed by atoms with van der Waals surface area (Å²) in [5, 5.41) is 0.924. The molecule has 0 amide bonds. The summed E-state index contributed by atoms with van der Waals surface area (Å²) in [4.78, 5) is 4.32. The first kappa shape index (κ1) is 12.5. The minimum Gasteiger partial charge on any atom is -0.456 e. The molecule has 3 nitrogen and oxygen atoms in total. The summed E-state index contributed by atoms with van der Waals surface area (Å²) in [6.45, 7) is 4.08. The molecule has 0 bridgehead atoms. The van der Waals surface area contributed by atoms with E-state index in [0.29, 0.717) is 5.69 Å². The van der Waals surface area contributed by atoms with Crippen LogP contribution in [0.2, 0.25) is 0 Å². The standard InChI is InChI=1S/C17H16N2O/c1-11-5-6-12(2)16(10-11)20-15-8-7-14(18)17-13(15)4-3-9-19-17/h3-10H,18H2,1-2H3. The predicted molar refractivity (Wildman–Crippen MR) is 82.1 cm³/mol. The monoisotopic (exact) mass is 264 g/mol. The van der Waals surface area contributed by atoms with Crippen molar-refractivity contribution in [3.63, 3.8) is 0 Å². The maximum absolute atomic E-state index is 6.06. The number of nitrogen functional groups attached to an aromatic ring is 1. The molecule has 2 N–H and O–H groups in total. The van der Waals surface area contributed by atoms with Crippen LogP contribution in [0.3, 0.4) is 0 Å². The van der Waals surface area contributed by atoms with Crippen molar-refractivity contribution in [2.75, 3.05) is 5.73 Å². The Bertz CT molecular complexity index is 781. The Morgan fingerprint density at radius 3 is 2.70 bits per heavy atom. The number of nitrogens with two attached hydrogens (primary N) is 1. The molecule has 2 aromatic carbocycles. The number of nitrogens with zero attached hydrogens (tertiary/aromatic N) is 1. The number of hydrogen-bond donors (Lipinski definition) is 1. The van der Waals surface area contributed by atoms with Gasteiger partial charge in [0.15, 0.2) is 0 Å². The third-order valence-corrected chi connectivity index (χ3v) is 3.32. The van der Waals surface area contributed by atoms with Crippen molar-refractivity contribution in [3.05, 3.63) is 59.8 Å². The molecular weight excluding hydrogens is 248 g/mol. The minimum atomic E-state index is 0.661. The molecule has 0 spiro atoms. The van der Waals surface area contributed by atoms with Crippen molar-refractivity contribution < 1.29 is 4.74 Å². The van der Waals surface area contributed by atoms with Gasteiger partial charge in [0.25, 0.3) is 0 Å². The largest absolute Gasteiger partial charge is 0.456 e. The molecule has 0 saturated heterocycles. The number of aromatic nitrogens is 1. The lowest BCUT2D eigenvalue weighted by atomic mass is 10.1. The van der Waals surface area contributed by atoms with Gasteiger partial charge in [-0.05, 0) is 55.3 Å². The quantitative estimate of drug-likeness (QED) is 0.705. The Hall–Kier alpha value is -2.55. The molecular formula is C17H16N2O. The Labute approximate surface area is 118 Å². The summed E-state index contributed by atoms with van der Waals surface area (Å²) in [6.07, 6.45) is 1.74. The van der Waals surface area contributed by atoms with Crippen molar-refractivity contribution in [2.45, 2.75) is 13.8 Å². The molecule has 20 heavy (non-hydrogen) atoms. The van der Waals surface area contributed by atoms with Crippen LogP contribution in [0.25, 0.3) is 10.9 Å². The van der Waals surface area contributed by atoms with Crippen molar-refractivity contribution in [1.29, 1.82) is 0 Å². The lowest BCUT2D eigenvalue weighted by Gasteiger charge is -2.12. The molecule has 0 aliphatic rings. The number of rotatable bonds is 2. The number of aryl methyl sites for hydroxylation is 2. The van der Waals surface area contributed by atoms with Crippen LogP contribution in [0.1, 0.15) is 11.1 Å². The molecule has 3 rings (SSSR count). The summed E-state index contributed by atoms with van der Waals surface area (Å²) in [5.74, 6) is 1.64. The molecule has 0 aliphatic carbocycles. The van der Waals surface area contributed by atoms with E-state index in [4.69, 9.17) is 10.5 Å². The number of anilines is 1. The van der Waals surface area contributed by atoms with E-state index < -0.39 is 0 Å². The Balaban J connectivity index is 2.11. The number of ether oxygens (including phenoxy) is 1. The van der Waals surface area contributed by atoms with Gasteiger partial charge in [0, 0.05) is 11.6 Å². The van der Waals surface area contributed by atoms with Crippen LogP contribution < -0.4 is 10.5 Å². The summed E-state index contributed by atoms with van der Waals surface area (Å²) < 4.78 is 6.06. The third kappa shape index (κ3) is 2.18. The maximum atomic E-state index is 6.06. The molecule has 1 aromatic heterocycles. The molecule has 0 saturated carbocycles. The second-order valence-corrected chi connectivity index (χ2v) is 4.92. The van der Waals surface area contributed by atoms with Crippen molar-refractivity contribution in [2.24, 2.45) is 0 Å². The number of hydrogen-bond acceptors (Lipinski definition) is 3. The normalized spacial score (nSPS) is 10.7. The van der Waals surface area contributed by atoms with Gasteiger partial charge < -0.3 is 10.5 Å². The van der Waals surface area contributed by atoms with Crippen molar-refractivity contribution >= 4 is 16.6 Å². The van der Waals surface area contributed by atoms with E-state index >= 15 is 0 Å². The number of benzene rings is 2. The first-order valence-electron chi connectivity index (χ1n) is 6.53. The van der Waals surface area contributed by atoms with Crippen LogP contribution >= 0.6 is 0 Å². The highest BCUT2D eigenvalue weighted by Gasteiger charge is 2.08. The molecule has 0 fully saturated rings. The van der Waals surface area contributed by atoms with E-state index in [1.807, 2.05) is 37.3 Å². The fraction of sp³-hybridized carbons (Fsp3) is 0.118. The molecule has 0 radical (unpaired) electrons. The summed E-state index contributed by atoms with van der Waals surface area (Å²) in [5.41, 5.74) is 9.66. The van der Waals surface area contributed by atoms with Crippen LogP contribution in [0.4, 0.5) is 5.69 Å². The van der Waals surface area contributed by atoms with Gasteiger partial charge >= 0.3 is 0 Å². The zero-order valence-electron chi connectivity index (χ0n) is 11.6. The molecule has 0 aliphatic heterocycles. The Morgan fingerprint density at radius 2 is 1.85 bits per heavy atom. The molecule has 3 heteroatoms. The highest BCUT2D eigenvalue weighted by molar-refractivity contribution is 5.93. The third-order valence-electron chi connectivity index (χ3n) is 3.32. The lowest BCUT2D eigenvalue weighted by Crippen LogP contribution is -1.93. The van der Waals surface area contributed by atoms with Crippen molar-refractivity contribution in [1.82, 2.24) is 4.98 Å². The average Bonchev–Trinajstić information content (AvgIpc) is 2.46. The van der Waals surface area contributed by atoms with E-state index in [-0.39, 0.29) is 0 Å². The number of fused-ring (bicyclic) bond motifs is 1. The zero-order chi connectivity index (χ0) is 14.1. The van der Waals surface area contributed by atoms with Crippen molar-refractivity contribution in [3.8, 4) is 11.5 Å². The van der Waals surface area contributed by atoms with E-state index in [1.165, 1.54) is 5.56 Å². The van der Waals surface area contributed by atoms with Crippen LogP contribution in [0.15, 0.2) is 48.7 Å². The highest BCUT2D eigenvalue weighted by atomic mass is 16.5. The Kier molecular flexibility index (Phi) is 3.03. The molecule has 0 unspecified atom stereocenters. The van der Waals surface area contributed by atoms with Gasteiger partial charge in [-0.3, -0.25) is 4.98 Å². The summed E-state index contributed by atoms with van der Waals surface area (Å²) >= 11 is 0. The molecule has 1 heterocycles. The second kappa shape index (κ2) is 4.85. The maximum Gasteiger partial charge on any atom is 0.136 e. The molecule has 0 atom stereocenters. The topological polar surface area (TPSA) is 48.1 Å². The van der Waals surface area contributed by atoms with Gasteiger partial charge in [-0.2, -0.15) is 0 Å². The second-order valence-electron chi connectivity index (χ2n) is 4.92. The fourth-order valence-electron chi connectivity index (χ4n) is 2.19. The SMILES string of the molecule is Cc1ccc(C)c(Oc2ccc(N)c3ncccc23)c1. The Morgan fingerprint density at radius 1 is 1.00 bits per heavy atom. The van der Waals surface area contributed by atoms with Gasteiger partial charge in [-0.15, -0.1) is 0 Å². The van der Waals surface area contributed by atoms with Gasteiger partial charge in [-0.25, -0.2) is 0 Å². The van der Waals surface area contributed by atoms with E-state index in [9.17, 15) is 0 Å². The first-order valence-corrected chi connectivity index (χ1v) is 6.53. The van der Waals surface area contributed by atoms with E-state index in [1.54, 1.807) is 6.20 Å². The minimum absolute atomic E-state index is 0.661. The summed E-state index contributed by atoms with van der Waals surface area (Å²) in [7, 11) is 0. The predicted octanol–water partition coefficient (Wildman–Crippen LogP) is 4.23. The average molecular weight is 264 g/mol. The van der Waals surface area contributed by atoms with Crippen LogP contribution in [-0.2, 0) is 0 Å². The zero-order valence-corrected chi connectivity index (χ0v) is 11.6. The van der Waals surface area contributed by atoms with Crippen LogP contribution in [-0.4, -0.2) is 4.98 Å². The number of pyridine rings is 1. The van der Waals surface area contributed by atoms with Gasteiger partial charge in [0.2, 0.25) is 0 Å². The van der Waals surface area contributed by atoms with E-state index in [0.717, 1.165) is 28.0 Å². The van der Waals surface area contributed by atoms with Gasteiger partial charge in [-0.1, -0.05) is 12.1 Å². The van der Waals surface area contributed by atoms with E-state index in [2.05, 4.69) is 24.0 Å². The molecule has 100 valence electrons. The van der Waals surface area contributed by atoms with Crippen LogP contribution in [0, 0.1) is 13.8 Å². The van der Waals surface area contributed by atoms with Gasteiger partial charge in [0.1, 0.15) is 11.5 Å². The lowest BCUT2D eigenvalue weighted by molar-refractivity contribution is 0.484.